The van der Waals surface area contributed by atoms with Gasteiger partial charge in [-0.2, -0.15) is 18.3 Å². The molecule has 30 heavy (non-hydrogen) atoms. The number of aromatic nitrogens is 5. The third kappa shape index (κ3) is 4.67. The van der Waals surface area contributed by atoms with E-state index in [-0.39, 0.29) is 22.9 Å². The van der Waals surface area contributed by atoms with Crippen LogP contribution in [0.3, 0.4) is 0 Å². The summed E-state index contributed by atoms with van der Waals surface area (Å²) >= 11 is 8.86. The zero-order valence-corrected chi connectivity index (χ0v) is 17.7. The molecule has 1 fully saturated rings. The Hall–Kier alpha value is -2.40. The minimum Gasteiger partial charge on any atom is -0.292 e. The van der Waals surface area contributed by atoms with E-state index in [4.69, 9.17) is 11.6 Å². The van der Waals surface area contributed by atoms with E-state index in [1.54, 1.807) is 12.1 Å². The lowest BCUT2D eigenvalue weighted by Gasteiger charge is -2.06. The summed E-state index contributed by atoms with van der Waals surface area (Å²) in [5, 5.41) is 10.9. The van der Waals surface area contributed by atoms with Crippen LogP contribution in [-0.4, -0.2) is 30.5 Å². The largest absolute Gasteiger partial charge is 0.436 e. The normalized spacial score (nSPS) is 14.2. The van der Waals surface area contributed by atoms with Crippen molar-refractivity contribution in [2.24, 2.45) is 0 Å². The summed E-state index contributed by atoms with van der Waals surface area (Å²) in [6.07, 6.45) is -1.63. The minimum absolute atomic E-state index is 0.0347. The summed E-state index contributed by atoms with van der Waals surface area (Å²) in [6.45, 7) is 0.0547. The smallest absolute Gasteiger partial charge is 0.292 e. The number of amides is 1. The van der Waals surface area contributed by atoms with Gasteiger partial charge in [-0.3, -0.25) is 14.8 Å². The van der Waals surface area contributed by atoms with Gasteiger partial charge in [0.2, 0.25) is 11.9 Å². The van der Waals surface area contributed by atoms with Crippen LogP contribution in [0.5, 0.6) is 0 Å². The lowest BCUT2D eigenvalue weighted by Crippen LogP contribution is -2.22. The highest BCUT2D eigenvalue weighted by molar-refractivity contribution is 9.10. The highest BCUT2D eigenvalue weighted by Gasteiger charge is 2.42. The number of nitrogens with one attached hydrogen (secondary N) is 1. The average Bonchev–Trinajstić information content (AvgIpc) is 3.31. The molecular formula is C18H15BrClF3N6O. The van der Waals surface area contributed by atoms with Crippen molar-refractivity contribution in [3.8, 4) is 0 Å². The van der Waals surface area contributed by atoms with Crippen LogP contribution in [0.4, 0.5) is 19.1 Å². The Morgan fingerprint density at radius 1 is 1.23 bits per heavy atom. The number of carbonyl (C=O) groups is 1. The zero-order chi connectivity index (χ0) is 21.5. The summed E-state index contributed by atoms with van der Waals surface area (Å²) in [6, 6.07) is 7.20. The number of rotatable bonds is 6. The van der Waals surface area contributed by atoms with Crippen LogP contribution in [0, 0.1) is 0 Å². The monoisotopic (exact) mass is 502 g/mol. The molecule has 0 saturated heterocycles. The van der Waals surface area contributed by atoms with Gasteiger partial charge < -0.3 is 0 Å². The van der Waals surface area contributed by atoms with Gasteiger partial charge in [0, 0.05) is 10.9 Å². The third-order valence-electron chi connectivity index (χ3n) is 4.50. The second-order valence-electron chi connectivity index (χ2n) is 6.92. The first-order valence-corrected chi connectivity index (χ1v) is 10.1. The number of alkyl halides is 3. The fourth-order valence-corrected chi connectivity index (χ4v) is 3.97. The molecule has 2 heterocycles. The number of nitrogens with zero attached hydrogens (tertiary/aromatic N) is 5. The number of hydrogen-bond donors (Lipinski definition) is 1. The molecule has 1 saturated carbocycles. The van der Waals surface area contributed by atoms with Crippen molar-refractivity contribution in [3.05, 3.63) is 57.0 Å². The molecular weight excluding hydrogens is 489 g/mol. The molecule has 0 spiro atoms. The molecule has 158 valence electrons. The number of carbonyl (C=O) groups excluding carboxylic acids is 1. The number of hydrogen-bond acceptors (Lipinski definition) is 4. The zero-order valence-electron chi connectivity index (χ0n) is 15.3. The molecule has 0 bridgehead atoms. The number of anilines is 1. The Labute approximate surface area is 182 Å². The average molecular weight is 504 g/mol. The second kappa shape index (κ2) is 8.03. The van der Waals surface area contributed by atoms with Crippen LogP contribution in [-0.2, 0) is 24.1 Å². The predicted molar refractivity (Wildman–Crippen MR) is 106 cm³/mol. The molecule has 0 aliphatic heterocycles. The molecule has 3 aromatic rings. The Balaban J connectivity index is 1.44. The lowest BCUT2D eigenvalue weighted by molar-refractivity contribution is -0.142. The SMILES string of the molecule is O=C(Cn1nc(C(F)(F)F)c(Br)c1C1CC1)Nc1ncn(Cc2ccc(Cl)cc2)n1. The second-order valence-corrected chi connectivity index (χ2v) is 8.15. The van der Waals surface area contributed by atoms with Gasteiger partial charge in [-0.1, -0.05) is 23.7 Å². The van der Waals surface area contributed by atoms with Crippen LogP contribution in [0.25, 0.3) is 0 Å². The van der Waals surface area contributed by atoms with Crippen molar-refractivity contribution < 1.29 is 18.0 Å². The molecule has 0 unspecified atom stereocenters. The van der Waals surface area contributed by atoms with Crippen LogP contribution in [0.2, 0.25) is 5.02 Å². The van der Waals surface area contributed by atoms with E-state index in [9.17, 15) is 18.0 Å². The molecule has 0 radical (unpaired) electrons. The fourth-order valence-electron chi connectivity index (χ4n) is 3.01. The molecule has 1 N–H and O–H groups in total. The number of benzene rings is 1. The molecule has 12 heteroatoms. The van der Waals surface area contributed by atoms with Crippen LogP contribution < -0.4 is 5.32 Å². The molecule has 0 atom stereocenters. The fraction of sp³-hybridized carbons (Fsp3) is 0.333. The summed E-state index contributed by atoms with van der Waals surface area (Å²) in [7, 11) is 0. The molecule has 1 amide bonds. The molecule has 2 aromatic heterocycles. The summed E-state index contributed by atoms with van der Waals surface area (Å²) in [5.41, 5.74) is 0.304. The summed E-state index contributed by atoms with van der Waals surface area (Å²) in [5.74, 6) is -0.540. The van der Waals surface area contributed by atoms with Crippen molar-refractivity contribution in [2.45, 2.75) is 38.0 Å². The van der Waals surface area contributed by atoms with Crippen molar-refractivity contribution in [3.63, 3.8) is 0 Å². The predicted octanol–water partition coefficient (Wildman–Crippen LogP) is 4.47. The maximum absolute atomic E-state index is 13.2. The van der Waals surface area contributed by atoms with Crippen LogP contribution >= 0.6 is 27.5 Å². The van der Waals surface area contributed by atoms with E-state index >= 15 is 0 Å². The minimum atomic E-state index is -4.60. The van der Waals surface area contributed by atoms with Crippen molar-refractivity contribution >= 4 is 39.4 Å². The summed E-state index contributed by atoms with van der Waals surface area (Å²) in [4.78, 5) is 16.4. The number of halogens is 5. The molecule has 4 rings (SSSR count). The Morgan fingerprint density at radius 3 is 2.57 bits per heavy atom. The quantitative estimate of drug-likeness (QED) is 0.538. The van der Waals surface area contributed by atoms with Gasteiger partial charge in [0.05, 0.1) is 16.7 Å². The van der Waals surface area contributed by atoms with Gasteiger partial charge in [0.1, 0.15) is 12.9 Å². The Bertz CT molecular complexity index is 1070. The lowest BCUT2D eigenvalue weighted by atomic mass is 10.2. The maximum atomic E-state index is 13.2. The molecule has 1 aliphatic rings. The molecule has 7 nitrogen and oxygen atoms in total. The van der Waals surface area contributed by atoms with E-state index in [0.717, 1.165) is 23.1 Å². The highest BCUT2D eigenvalue weighted by atomic mass is 79.9. The maximum Gasteiger partial charge on any atom is 0.436 e. The topological polar surface area (TPSA) is 77.6 Å². The Kier molecular flexibility index (Phi) is 5.58. The van der Waals surface area contributed by atoms with Gasteiger partial charge >= 0.3 is 6.18 Å². The van der Waals surface area contributed by atoms with Crippen molar-refractivity contribution in [2.75, 3.05) is 5.32 Å². The van der Waals surface area contributed by atoms with Crippen molar-refractivity contribution in [1.82, 2.24) is 24.5 Å². The summed E-state index contributed by atoms with van der Waals surface area (Å²) < 4.78 is 42.1. The van der Waals surface area contributed by atoms with Crippen LogP contribution in [0.1, 0.15) is 35.7 Å². The van der Waals surface area contributed by atoms with Crippen molar-refractivity contribution in [1.29, 1.82) is 0 Å². The van der Waals surface area contributed by atoms with Gasteiger partial charge in [-0.05, 0) is 46.5 Å². The Morgan fingerprint density at radius 2 is 1.93 bits per heavy atom. The van der Waals surface area contributed by atoms with Gasteiger partial charge in [-0.15, -0.1) is 5.10 Å². The first-order chi connectivity index (χ1) is 14.2. The van der Waals surface area contributed by atoms with E-state index < -0.39 is 17.8 Å². The van der Waals surface area contributed by atoms with E-state index in [1.807, 2.05) is 12.1 Å². The van der Waals surface area contributed by atoms with Gasteiger partial charge in [-0.25, -0.2) is 9.67 Å². The molecule has 1 aliphatic carbocycles. The van der Waals surface area contributed by atoms with E-state index in [0.29, 0.717) is 17.3 Å². The first-order valence-electron chi connectivity index (χ1n) is 8.98. The third-order valence-corrected chi connectivity index (χ3v) is 5.54. The van der Waals surface area contributed by atoms with E-state index in [2.05, 4.69) is 36.4 Å². The molecule has 1 aromatic carbocycles. The van der Waals surface area contributed by atoms with Gasteiger partial charge in [0.15, 0.2) is 5.69 Å². The highest BCUT2D eigenvalue weighted by Crippen LogP contribution is 2.46. The standard InChI is InChI=1S/C18H15BrClF3N6O/c19-14-15(11-3-4-11)29(26-16(14)18(21,22)23)8-13(30)25-17-24-9-28(27-17)7-10-1-5-12(20)6-2-10/h1-2,5-6,9,11H,3-4,7-8H2,(H,25,27,30). The first kappa shape index (κ1) is 20.9. The van der Waals surface area contributed by atoms with E-state index in [1.165, 1.54) is 11.0 Å². The van der Waals surface area contributed by atoms with Gasteiger partial charge in [0.25, 0.3) is 0 Å². The van der Waals surface area contributed by atoms with Crippen LogP contribution in [0.15, 0.2) is 35.1 Å².